The summed E-state index contributed by atoms with van der Waals surface area (Å²) in [6.07, 6.45) is 3.12. The number of halogens is 2. The lowest BCUT2D eigenvalue weighted by Crippen LogP contribution is -2.12. The molecule has 0 aliphatic rings. The number of hydrogen-bond acceptors (Lipinski definition) is 4. The number of furan rings is 1. The maximum absolute atomic E-state index is 13.3. The summed E-state index contributed by atoms with van der Waals surface area (Å²) < 4.78 is 7.16. The van der Waals surface area contributed by atoms with E-state index in [1.807, 2.05) is 60.7 Å². The molecule has 0 amide bonds. The van der Waals surface area contributed by atoms with Gasteiger partial charge in [0.15, 0.2) is 5.78 Å². The van der Waals surface area contributed by atoms with Crippen LogP contribution in [0.4, 0.5) is 0 Å². The van der Waals surface area contributed by atoms with Crippen molar-refractivity contribution in [2.24, 2.45) is 10.2 Å². The van der Waals surface area contributed by atoms with Crippen molar-refractivity contribution in [3.63, 3.8) is 0 Å². The maximum atomic E-state index is 13.3. The Morgan fingerprint density at radius 1 is 0.742 bits per heavy atom. The molecule has 1 aromatic heterocycles. The standard InChI is InChI=1S/C25H16Br2N2O2/c26-19-11-7-17(8-12-19)24(29-28-16-21-4-3-15-31-21)22-5-1-2-6-23(22)25(30)18-9-13-20(27)14-10-18/h1-16H/b28-16+,29-24+. The maximum Gasteiger partial charge on any atom is 0.193 e. The van der Waals surface area contributed by atoms with Crippen molar-refractivity contribution in [3.8, 4) is 0 Å². The second-order valence-corrected chi connectivity index (χ2v) is 8.43. The SMILES string of the molecule is O=C(c1ccc(Br)cc1)c1ccccc1/C(=N/N=C/c1ccco1)c1ccc(Br)cc1. The third kappa shape index (κ3) is 5.16. The largest absolute Gasteiger partial charge is 0.463 e. The summed E-state index contributed by atoms with van der Waals surface area (Å²) in [7, 11) is 0. The van der Waals surface area contributed by atoms with Crippen LogP contribution in [0.5, 0.6) is 0 Å². The Kier molecular flexibility index (Phi) is 6.70. The van der Waals surface area contributed by atoms with Gasteiger partial charge in [0.25, 0.3) is 0 Å². The monoisotopic (exact) mass is 534 g/mol. The second kappa shape index (κ2) is 9.81. The lowest BCUT2D eigenvalue weighted by atomic mass is 9.93. The summed E-state index contributed by atoms with van der Waals surface area (Å²) in [6, 6.07) is 26.1. The summed E-state index contributed by atoms with van der Waals surface area (Å²) in [6.45, 7) is 0. The second-order valence-electron chi connectivity index (χ2n) is 6.60. The Labute approximate surface area is 196 Å². The number of benzene rings is 3. The van der Waals surface area contributed by atoms with Crippen LogP contribution in [0.3, 0.4) is 0 Å². The lowest BCUT2D eigenvalue weighted by molar-refractivity contribution is 0.103. The molecule has 0 saturated heterocycles. The molecule has 0 bridgehead atoms. The predicted molar refractivity (Wildman–Crippen MR) is 130 cm³/mol. The number of ketones is 1. The molecule has 0 spiro atoms. The zero-order chi connectivity index (χ0) is 21.6. The molecule has 3 aromatic carbocycles. The van der Waals surface area contributed by atoms with Crippen LogP contribution in [0.15, 0.2) is 115 Å². The van der Waals surface area contributed by atoms with E-state index in [0.717, 1.165) is 14.5 Å². The van der Waals surface area contributed by atoms with Crippen LogP contribution >= 0.6 is 31.9 Å². The predicted octanol–water partition coefficient (Wildman–Crippen LogP) is 6.91. The van der Waals surface area contributed by atoms with Gasteiger partial charge in [0.1, 0.15) is 11.5 Å². The molecular weight excluding hydrogens is 520 g/mol. The van der Waals surface area contributed by atoms with Gasteiger partial charge in [0.2, 0.25) is 0 Å². The van der Waals surface area contributed by atoms with Crippen LogP contribution in [-0.4, -0.2) is 17.7 Å². The van der Waals surface area contributed by atoms with Gasteiger partial charge >= 0.3 is 0 Å². The molecular formula is C25H16Br2N2O2. The smallest absolute Gasteiger partial charge is 0.193 e. The van der Waals surface area contributed by atoms with Crippen molar-refractivity contribution in [1.82, 2.24) is 0 Å². The number of rotatable bonds is 6. The quantitative estimate of drug-likeness (QED) is 0.153. The van der Waals surface area contributed by atoms with E-state index < -0.39 is 0 Å². The van der Waals surface area contributed by atoms with Gasteiger partial charge in [-0.05, 0) is 48.5 Å². The van der Waals surface area contributed by atoms with Crippen molar-refractivity contribution >= 4 is 49.6 Å². The average Bonchev–Trinajstić information content (AvgIpc) is 3.31. The molecule has 6 heteroatoms. The first-order valence-corrected chi connectivity index (χ1v) is 11.0. The zero-order valence-electron chi connectivity index (χ0n) is 16.2. The van der Waals surface area contributed by atoms with E-state index in [1.165, 1.54) is 6.21 Å². The van der Waals surface area contributed by atoms with Crippen molar-refractivity contribution in [2.45, 2.75) is 0 Å². The zero-order valence-corrected chi connectivity index (χ0v) is 19.4. The van der Waals surface area contributed by atoms with Gasteiger partial charge in [-0.3, -0.25) is 4.79 Å². The molecule has 0 saturated carbocycles. The third-order valence-electron chi connectivity index (χ3n) is 4.54. The van der Waals surface area contributed by atoms with E-state index in [2.05, 4.69) is 42.1 Å². The number of hydrogen-bond donors (Lipinski definition) is 0. The van der Waals surface area contributed by atoms with Crippen LogP contribution in [0.1, 0.15) is 32.8 Å². The van der Waals surface area contributed by atoms with Gasteiger partial charge in [-0.1, -0.05) is 68.3 Å². The molecule has 1 heterocycles. The van der Waals surface area contributed by atoms with Crippen LogP contribution in [-0.2, 0) is 0 Å². The molecule has 0 fully saturated rings. The van der Waals surface area contributed by atoms with E-state index in [4.69, 9.17) is 4.42 Å². The van der Waals surface area contributed by atoms with Crippen LogP contribution in [0.2, 0.25) is 0 Å². The van der Waals surface area contributed by atoms with Gasteiger partial charge in [-0.25, -0.2) is 0 Å². The average molecular weight is 536 g/mol. The molecule has 31 heavy (non-hydrogen) atoms. The van der Waals surface area contributed by atoms with Crippen LogP contribution < -0.4 is 0 Å². The lowest BCUT2D eigenvalue weighted by Gasteiger charge is -2.11. The van der Waals surface area contributed by atoms with Crippen molar-refractivity contribution in [3.05, 3.63) is 128 Å². The first-order valence-electron chi connectivity index (χ1n) is 9.42. The molecule has 0 aliphatic carbocycles. The summed E-state index contributed by atoms with van der Waals surface area (Å²) in [5.74, 6) is 0.515. The van der Waals surface area contributed by atoms with Gasteiger partial charge in [-0.2, -0.15) is 5.10 Å². The number of carbonyl (C=O) groups excluding carboxylic acids is 1. The summed E-state index contributed by atoms with van der Waals surface area (Å²) >= 11 is 6.88. The summed E-state index contributed by atoms with van der Waals surface area (Å²) in [4.78, 5) is 13.3. The van der Waals surface area contributed by atoms with Gasteiger partial charge in [0, 0.05) is 31.2 Å². The first-order chi connectivity index (χ1) is 15.1. The molecule has 4 rings (SSSR count). The van der Waals surface area contributed by atoms with Crippen LogP contribution in [0, 0.1) is 0 Å². The molecule has 0 atom stereocenters. The molecule has 4 nitrogen and oxygen atoms in total. The van der Waals surface area contributed by atoms with E-state index in [0.29, 0.717) is 28.2 Å². The fourth-order valence-corrected chi connectivity index (χ4v) is 3.56. The van der Waals surface area contributed by atoms with E-state index in [9.17, 15) is 4.79 Å². The highest BCUT2D eigenvalue weighted by Crippen LogP contribution is 2.22. The Bertz CT molecular complexity index is 1240. The Morgan fingerprint density at radius 2 is 1.35 bits per heavy atom. The minimum Gasteiger partial charge on any atom is -0.463 e. The summed E-state index contributed by atoms with van der Waals surface area (Å²) in [5.41, 5.74) is 3.30. The molecule has 0 radical (unpaired) electrons. The number of nitrogens with zero attached hydrogens (tertiary/aromatic N) is 2. The summed E-state index contributed by atoms with van der Waals surface area (Å²) in [5, 5.41) is 8.68. The molecule has 0 aliphatic heterocycles. The highest BCUT2D eigenvalue weighted by atomic mass is 79.9. The molecule has 152 valence electrons. The van der Waals surface area contributed by atoms with E-state index >= 15 is 0 Å². The third-order valence-corrected chi connectivity index (χ3v) is 5.59. The normalized spacial score (nSPS) is 11.7. The Hall–Kier alpha value is -3.09. The minimum absolute atomic E-state index is 0.0806. The Balaban J connectivity index is 1.80. The molecule has 0 N–H and O–H groups in total. The van der Waals surface area contributed by atoms with E-state index in [-0.39, 0.29) is 5.78 Å². The first kappa shape index (κ1) is 21.2. The fourth-order valence-electron chi connectivity index (χ4n) is 3.03. The van der Waals surface area contributed by atoms with Crippen molar-refractivity contribution < 1.29 is 9.21 Å². The molecule has 0 unspecified atom stereocenters. The number of carbonyl (C=O) groups is 1. The van der Waals surface area contributed by atoms with Gasteiger partial charge in [-0.15, -0.1) is 5.10 Å². The topological polar surface area (TPSA) is 54.9 Å². The fraction of sp³-hybridized carbons (Fsp3) is 0. The van der Waals surface area contributed by atoms with Crippen molar-refractivity contribution in [2.75, 3.05) is 0 Å². The highest BCUT2D eigenvalue weighted by molar-refractivity contribution is 9.10. The van der Waals surface area contributed by atoms with E-state index in [1.54, 1.807) is 30.5 Å². The van der Waals surface area contributed by atoms with Gasteiger partial charge in [0.05, 0.1) is 12.5 Å². The Morgan fingerprint density at radius 3 is 1.97 bits per heavy atom. The van der Waals surface area contributed by atoms with Gasteiger partial charge < -0.3 is 4.42 Å². The van der Waals surface area contributed by atoms with Crippen molar-refractivity contribution in [1.29, 1.82) is 0 Å². The molecule has 4 aromatic rings. The minimum atomic E-state index is -0.0806. The highest BCUT2D eigenvalue weighted by Gasteiger charge is 2.18. The van der Waals surface area contributed by atoms with Crippen LogP contribution in [0.25, 0.3) is 0 Å².